The highest BCUT2D eigenvalue weighted by molar-refractivity contribution is 5.19. The van der Waals surface area contributed by atoms with E-state index in [0.29, 0.717) is 12.0 Å². The predicted molar refractivity (Wildman–Crippen MR) is 69.4 cm³/mol. The molecule has 1 aromatic rings. The zero-order valence-electron chi connectivity index (χ0n) is 10.4. The molecule has 0 bridgehead atoms. The van der Waals surface area contributed by atoms with Crippen LogP contribution in [0.1, 0.15) is 51.1 Å². The van der Waals surface area contributed by atoms with Crippen LogP contribution in [0.5, 0.6) is 0 Å². The van der Waals surface area contributed by atoms with Gasteiger partial charge in [-0.05, 0) is 24.3 Å². The number of rotatable bonds is 4. The van der Waals surface area contributed by atoms with Gasteiger partial charge in [0.05, 0.1) is 0 Å². The van der Waals surface area contributed by atoms with Crippen LogP contribution in [0.3, 0.4) is 0 Å². The molecule has 0 saturated heterocycles. The lowest BCUT2D eigenvalue weighted by Crippen LogP contribution is -2.33. The highest BCUT2D eigenvalue weighted by Crippen LogP contribution is 2.26. The monoisotopic (exact) mass is 217 g/mol. The van der Waals surface area contributed by atoms with Crippen molar-refractivity contribution in [1.29, 1.82) is 0 Å². The highest BCUT2D eigenvalue weighted by Gasteiger charge is 2.22. The maximum Gasteiger partial charge on any atom is 0.0345 e. The van der Waals surface area contributed by atoms with Crippen LogP contribution in [0.25, 0.3) is 0 Å². The Morgan fingerprint density at radius 1 is 1.06 bits per heavy atom. The lowest BCUT2D eigenvalue weighted by atomic mass is 9.95. The fraction of sp³-hybridized carbons (Fsp3) is 0.600. The van der Waals surface area contributed by atoms with E-state index in [-0.39, 0.29) is 0 Å². The van der Waals surface area contributed by atoms with E-state index in [0.717, 1.165) is 6.04 Å². The Bertz CT molecular complexity index is 298. The zero-order valence-corrected chi connectivity index (χ0v) is 10.4. The predicted octanol–water partition coefficient (Wildman–Crippen LogP) is 3.92. The van der Waals surface area contributed by atoms with Crippen molar-refractivity contribution in [2.24, 2.45) is 5.92 Å². The molecular weight excluding hydrogens is 194 g/mol. The first kappa shape index (κ1) is 11.7. The van der Waals surface area contributed by atoms with Crippen molar-refractivity contribution in [3.8, 4) is 0 Å². The minimum absolute atomic E-state index is 0.518. The molecule has 1 aromatic carbocycles. The number of hydrogen-bond donors (Lipinski definition) is 1. The van der Waals surface area contributed by atoms with Crippen LogP contribution < -0.4 is 5.32 Å². The molecule has 1 aliphatic rings. The SMILES string of the molecule is CC(C)[C@@H](NC1CCCC1)c1ccccc1. The summed E-state index contributed by atoms with van der Waals surface area (Å²) in [6.45, 7) is 4.61. The van der Waals surface area contributed by atoms with E-state index in [1.807, 2.05) is 0 Å². The first-order valence-electron chi connectivity index (χ1n) is 6.58. The molecule has 1 nitrogen and oxygen atoms in total. The summed E-state index contributed by atoms with van der Waals surface area (Å²) in [5.74, 6) is 0.656. The van der Waals surface area contributed by atoms with Gasteiger partial charge in [0.1, 0.15) is 0 Å². The molecule has 1 atom stereocenters. The summed E-state index contributed by atoms with van der Waals surface area (Å²) in [5, 5.41) is 3.83. The van der Waals surface area contributed by atoms with E-state index >= 15 is 0 Å². The van der Waals surface area contributed by atoms with Crippen molar-refractivity contribution < 1.29 is 0 Å². The molecule has 1 N–H and O–H groups in total. The lowest BCUT2D eigenvalue weighted by Gasteiger charge is -2.26. The second-order valence-corrected chi connectivity index (χ2v) is 5.28. The third kappa shape index (κ3) is 2.85. The van der Waals surface area contributed by atoms with Crippen molar-refractivity contribution in [1.82, 2.24) is 5.32 Å². The second kappa shape index (κ2) is 5.49. The molecule has 0 amide bonds. The van der Waals surface area contributed by atoms with Crippen LogP contribution in [-0.2, 0) is 0 Å². The van der Waals surface area contributed by atoms with Gasteiger partial charge in [-0.3, -0.25) is 0 Å². The fourth-order valence-corrected chi connectivity index (χ4v) is 2.68. The maximum atomic E-state index is 3.83. The average Bonchev–Trinajstić information content (AvgIpc) is 2.79. The third-order valence-electron chi connectivity index (χ3n) is 3.60. The molecule has 0 heterocycles. The van der Waals surface area contributed by atoms with Gasteiger partial charge in [0.25, 0.3) is 0 Å². The van der Waals surface area contributed by atoms with E-state index < -0.39 is 0 Å². The molecular formula is C15H23N. The van der Waals surface area contributed by atoms with Crippen molar-refractivity contribution in [3.05, 3.63) is 35.9 Å². The van der Waals surface area contributed by atoms with Gasteiger partial charge in [0.2, 0.25) is 0 Å². The topological polar surface area (TPSA) is 12.0 Å². The standard InChI is InChI=1S/C15H23N/c1-12(2)15(13-8-4-3-5-9-13)16-14-10-6-7-11-14/h3-5,8-9,12,14-16H,6-7,10-11H2,1-2H3/t15-/m1/s1. The maximum absolute atomic E-state index is 3.83. The molecule has 1 fully saturated rings. The lowest BCUT2D eigenvalue weighted by molar-refractivity contribution is 0.360. The van der Waals surface area contributed by atoms with Gasteiger partial charge in [-0.1, -0.05) is 57.0 Å². The van der Waals surface area contributed by atoms with Gasteiger partial charge >= 0.3 is 0 Å². The molecule has 1 aliphatic carbocycles. The summed E-state index contributed by atoms with van der Waals surface area (Å²) >= 11 is 0. The average molecular weight is 217 g/mol. The number of hydrogen-bond acceptors (Lipinski definition) is 1. The Morgan fingerprint density at radius 3 is 2.25 bits per heavy atom. The number of nitrogens with one attached hydrogen (secondary N) is 1. The minimum Gasteiger partial charge on any atom is -0.307 e. The molecule has 0 spiro atoms. The van der Waals surface area contributed by atoms with Crippen molar-refractivity contribution in [2.75, 3.05) is 0 Å². The summed E-state index contributed by atoms with van der Waals surface area (Å²) in [7, 11) is 0. The summed E-state index contributed by atoms with van der Waals surface area (Å²) in [6.07, 6.45) is 5.51. The highest BCUT2D eigenvalue weighted by atomic mass is 15.0. The van der Waals surface area contributed by atoms with E-state index in [1.54, 1.807) is 0 Å². The van der Waals surface area contributed by atoms with Crippen LogP contribution in [-0.4, -0.2) is 6.04 Å². The molecule has 0 unspecified atom stereocenters. The Morgan fingerprint density at radius 2 is 1.69 bits per heavy atom. The summed E-state index contributed by atoms with van der Waals surface area (Å²) in [4.78, 5) is 0. The van der Waals surface area contributed by atoms with E-state index in [4.69, 9.17) is 0 Å². The molecule has 0 radical (unpaired) electrons. The minimum atomic E-state index is 0.518. The zero-order chi connectivity index (χ0) is 11.4. The molecule has 1 heteroatoms. The summed E-state index contributed by atoms with van der Waals surface area (Å²) in [6, 6.07) is 12.1. The van der Waals surface area contributed by atoms with Gasteiger partial charge in [-0.2, -0.15) is 0 Å². The molecule has 0 aromatic heterocycles. The first-order valence-corrected chi connectivity index (χ1v) is 6.58. The van der Waals surface area contributed by atoms with Crippen LogP contribution in [0, 0.1) is 5.92 Å². The van der Waals surface area contributed by atoms with Crippen LogP contribution in [0.4, 0.5) is 0 Å². The van der Waals surface area contributed by atoms with E-state index in [2.05, 4.69) is 49.5 Å². The van der Waals surface area contributed by atoms with Gasteiger partial charge in [0, 0.05) is 12.1 Å². The quantitative estimate of drug-likeness (QED) is 0.806. The van der Waals surface area contributed by atoms with Crippen molar-refractivity contribution in [3.63, 3.8) is 0 Å². The number of benzene rings is 1. The molecule has 0 aliphatic heterocycles. The molecule has 88 valence electrons. The van der Waals surface area contributed by atoms with Crippen LogP contribution >= 0.6 is 0 Å². The summed E-state index contributed by atoms with van der Waals surface area (Å²) in [5.41, 5.74) is 1.43. The normalized spacial score (nSPS) is 19.2. The Labute approximate surface area is 99.3 Å². The second-order valence-electron chi connectivity index (χ2n) is 5.28. The summed E-state index contributed by atoms with van der Waals surface area (Å²) < 4.78 is 0. The van der Waals surface area contributed by atoms with Gasteiger partial charge in [-0.25, -0.2) is 0 Å². The Kier molecular flexibility index (Phi) is 4.00. The Hall–Kier alpha value is -0.820. The smallest absolute Gasteiger partial charge is 0.0345 e. The van der Waals surface area contributed by atoms with Crippen LogP contribution in [0.2, 0.25) is 0 Å². The van der Waals surface area contributed by atoms with E-state index in [1.165, 1.54) is 31.2 Å². The van der Waals surface area contributed by atoms with E-state index in [9.17, 15) is 0 Å². The van der Waals surface area contributed by atoms with Crippen LogP contribution in [0.15, 0.2) is 30.3 Å². The largest absolute Gasteiger partial charge is 0.307 e. The first-order chi connectivity index (χ1) is 7.77. The molecule has 16 heavy (non-hydrogen) atoms. The third-order valence-corrected chi connectivity index (χ3v) is 3.60. The molecule has 2 rings (SSSR count). The van der Waals surface area contributed by atoms with Gasteiger partial charge < -0.3 is 5.32 Å². The van der Waals surface area contributed by atoms with Gasteiger partial charge in [0.15, 0.2) is 0 Å². The Balaban J connectivity index is 2.05. The fourth-order valence-electron chi connectivity index (χ4n) is 2.68. The van der Waals surface area contributed by atoms with Crippen molar-refractivity contribution in [2.45, 2.75) is 51.6 Å². The van der Waals surface area contributed by atoms with Gasteiger partial charge in [-0.15, -0.1) is 0 Å². The van der Waals surface area contributed by atoms with Crippen molar-refractivity contribution >= 4 is 0 Å². The molecule has 1 saturated carbocycles.